The lowest BCUT2D eigenvalue weighted by Gasteiger charge is -2.34. The summed E-state index contributed by atoms with van der Waals surface area (Å²) in [4.78, 5) is 53.5. The second-order valence-electron chi connectivity index (χ2n) is 12.4. The average molecular weight is 595 g/mol. The second kappa shape index (κ2) is 17.3. The van der Waals surface area contributed by atoms with Crippen LogP contribution in [-0.4, -0.2) is 82.9 Å². The molecule has 0 aliphatic carbocycles. The molecule has 1 aromatic carbocycles. The highest BCUT2D eigenvalue weighted by molar-refractivity contribution is 5.90. The summed E-state index contributed by atoms with van der Waals surface area (Å²) in [6.07, 6.45) is -1.79. The number of aliphatic hydroxyl groups is 2. The fourth-order valence-corrected chi connectivity index (χ4v) is 4.87. The van der Waals surface area contributed by atoms with Crippen molar-refractivity contribution in [3.05, 3.63) is 35.9 Å². The number of quaternary nitrogens is 1. The zero-order valence-electron chi connectivity index (χ0n) is 27.8. The van der Waals surface area contributed by atoms with Crippen molar-refractivity contribution in [3.63, 3.8) is 0 Å². The van der Waals surface area contributed by atoms with Gasteiger partial charge in [0, 0.05) is 19.4 Å². The Kier molecular flexibility index (Phi) is 14.6. The molecule has 42 heavy (non-hydrogen) atoms. The Hall–Kier alpha value is -2.82. The van der Waals surface area contributed by atoms with Crippen LogP contribution in [0.3, 0.4) is 0 Å². The van der Waals surface area contributed by atoms with Crippen LogP contribution in [0.25, 0.3) is 0 Å². The summed E-state index contributed by atoms with van der Waals surface area (Å²) in [6.45, 7) is 12.0. The summed E-state index contributed by atoms with van der Waals surface area (Å²) in [5.41, 5.74) is -0.106. The Morgan fingerprint density at radius 3 is 2.14 bits per heavy atom. The molecule has 238 valence electrons. The van der Waals surface area contributed by atoms with E-state index in [2.05, 4.69) is 0 Å². The number of esters is 1. The zero-order chi connectivity index (χ0) is 33.1. The number of carbonyl (C=O) groups excluding carboxylic acids is 4. The first kappa shape index (κ1) is 35.4. The summed E-state index contributed by atoms with van der Waals surface area (Å²) in [5.74, 6) is -3.22. The monoisotopic (exact) mass is 594 g/mol. The smallest absolute Gasteiger partial charge is 0.410 e. The van der Waals surface area contributed by atoms with Gasteiger partial charge in [-0.15, -0.1) is 0 Å². The summed E-state index contributed by atoms with van der Waals surface area (Å²) < 4.78 is 20.0. The van der Waals surface area contributed by atoms with E-state index >= 15 is 0 Å². The van der Waals surface area contributed by atoms with E-state index in [1.54, 1.807) is 41.5 Å². The SMILES string of the molecule is [2H][N+](C)(C(=O)[C@H]([C@@H](C)CC)N(C)C(=O)OCc1ccccc1)[C@H](C(=O)CC(O)C(=O)OC(C)(C)C)[C@@H](C)CCCC(C)O. The zero-order valence-corrected chi connectivity index (χ0v) is 26.8. The molecule has 1 rings (SSSR count). The van der Waals surface area contributed by atoms with Crippen molar-refractivity contribution in [2.45, 2.75) is 117 Å². The third-order valence-electron chi connectivity index (χ3n) is 7.33. The van der Waals surface area contributed by atoms with Gasteiger partial charge in [0.2, 0.25) is 0 Å². The van der Waals surface area contributed by atoms with E-state index in [9.17, 15) is 30.8 Å². The van der Waals surface area contributed by atoms with Crippen molar-refractivity contribution in [3.8, 4) is 0 Å². The van der Waals surface area contributed by atoms with Gasteiger partial charge in [-0.2, -0.15) is 0 Å². The molecule has 1 aromatic rings. The number of benzene rings is 1. The van der Waals surface area contributed by atoms with Gasteiger partial charge in [0.1, 0.15) is 12.2 Å². The molecule has 0 aliphatic heterocycles. The fraction of sp³-hybridized carbons (Fsp3) is 0.688. The number of ether oxygens (including phenoxy) is 2. The van der Waals surface area contributed by atoms with Gasteiger partial charge < -0.3 is 19.7 Å². The molecular weight excluding hydrogens is 540 g/mol. The summed E-state index contributed by atoms with van der Waals surface area (Å²) in [6, 6.07) is 6.75. The minimum Gasteiger partial charge on any atom is -0.458 e. The minimum absolute atomic E-state index is 0.00239. The number of likely N-dealkylation sites (N-methyl/N-ethyl adjacent to an activating group) is 2. The van der Waals surface area contributed by atoms with E-state index in [1.807, 2.05) is 37.3 Å². The predicted octanol–water partition coefficient (Wildman–Crippen LogP) is 2.93. The Morgan fingerprint density at radius 1 is 1.02 bits per heavy atom. The topological polar surface area (TPSA) is 135 Å². The molecule has 10 heteroatoms. The van der Waals surface area contributed by atoms with E-state index in [0.29, 0.717) is 25.7 Å². The number of carbonyl (C=O) groups is 4. The number of Topliss-reactive ketones (excluding diaryl/α,β-unsaturated/α-hetero) is 1. The molecule has 0 saturated heterocycles. The molecule has 3 unspecified atom stereocenters. The summed E-state index contributed by atoms with van der Waals surface area (Å²) >= 11 is 0. The van der Waals surface area contributed by atoms with Crippen LogP contribution in [-0.2, 0) is 30.5 Å². The molecular formula is C32H53N2O8+. The fourth-order valence-electron chi connectivity index (χ4n) is 4.87. The number of aliphatic hydroxyl groups excluding tert-OH is 2. The van der Waals surface area contributed by atoms with Crippen molar-refractivity contribution in [1.29, 1.82) is 0 Å². The molecule has 3 N–H and O–H groups in total. The number of rotatable bonds is 16. The Balaban J connectivity index is 3.35. The maximum atomic E-state index is 14.2. The Bertz CT molecular complexity index is 1060. The van der Waals surface area contributed by atoms with E-state index in [1.165, 1.54) is 19.0 Å². The molecule has 0 bridgehead atoms. The van der Waals surface area contributed by atoms with Gasteiger partial charge in [-0.3, -0.25) is 14.6 Å². The molecule has 0 saturated carbocycles. The highest BCUT2D eigenvalue weighted by atomic mass is 16.6. The standard InChI is InChI=1S/C32H52N2O8/c1-10-21(2)28(34(9)31(40)41-20-24-17-12-11-13-18-24)29(38)33(8)27(22(3)15-14-16-23(4)35)25(36)19-26(37)30(39)42-32(5,6)7/h11-13,17-18,21-23,26-28,35,37H,10,14-16,19-20H2,1-9H3/p+1/t21-,22-,23?,26?,27-,28-/m0/s1/i/hD. The number of hydrogen-bond donors (Lipinski definition) is 3. The van der Waals surface area contributed by atoms with Crippen LogP contribution in [0.15, 0.2) is 30.3 Å². The summed E-state index contributed by atoms with van der Waals surface area (Å²) in [7, 11) is 2.74. The molecule has 0 aromatic heterocycles. The number of amides is 2. The van der Waals surface area contributed by atoms with Crippen LogP contribution in [0.2, 0.25) is 1.41 Å². The number of nitrogens with one attached hydrogen (secondary N) is 1. The van der Waals surface area contributed by atoms with Crippen LogP contribution in [0.5, 0.6) is 0 Å². The van der Waals surface area contributed by atoms with Crippen molar-refractivity contribution >= 4 is 23.8 Å². The lowest BCUT2D eigenvalue weighted by Crippen LogP contribution is -3.19. The van der Waals surface area contributed by atoms with Crippen LogP contribution in [0.1, 0.15) is 86.1 Å². The lowest BCUT2D eigenvalue weighted by atomic mass is 9.87. The van der Waals surface area contributed by atoms with Gasteiger partial charge in [0.25, 0.3) is 0 Å². The quantitative estimate of drug-likeness (QED) is 0.249. The van der Waals surface area contributed by atoms with Gasteiger partial charge in [-0.25, -0.2) is 14.4 Å². The van der Waals surface area contributed by atoms with E-state index in [0.717, 1.165) is 5.56 Å². The Labute approximate surface area is 252 Å². The molecule has 0 spiro atoms. The van der Waals surface area contributed by atoms with Crippen LogP contribution >= 0.6 is 0 Å². The molecule has 0 radical (unpaired) electrons. The average Bonchev–Trinajstić information content (AvgIpc) is 2.90. The van der Waals surface area contributed by atoms with Gasteiger partial charge in [-0.05, 0) is 52.0 Å². The van der Waals surface area contributed by atoms with E-state index < -0.39 is 70.9 Å². The first-order valence-corrected chi connectivity index (χ1v) is 14.8. The second-order valence-corrected chi connectivity index (χ2v) is 12.4. The summed E-state index contributed by atoms with van der Waals surface area (Å²) in [5, 5.41) is 20.3. The number of nitrogens with zero attached hydrogens (tertiary/aromatic N) is 1. The highest BCUT2D eigenvalue weighted by Crippen LogP contribution is 2.19. The van der Waals surface area contributed by atoms with E-state index in [-0.39, 0.29) is 12.5 Å². The van der Waals surface area contributed by atoms with Crippen LogP contribution < -0.4 is 4.89 Å². The van der Waals surface area contributed by atoms with Gasteiger partial charge in [-0.1, -0.05) is 63.9 Å². The first-order valence-electron chi connectivity index (χ1n) is 15.3. The van der Waals surface area contributed by atoms with Crippen molar-refractivity contribution < 1.29 is 45.2 Å². The highest BCUT2D eigenvalue weighted by Gasteiger charge is 2.44. The Morgan fingerprint density at radius 2 is 1.62 bits per heavy atom. The van der Waals surface area contributed by atoms with Gasteiger partial charge in [0.15, 0.2) is 24.0 Å². The van der Waals surface area contributed by atoms with Crippen molar-refractivity contribution in [2.24, 2.45) is 11.8 Å². The third-order valence-corrected chi connectivity index (χ3v) is 7.33. The molecule has 0 fully saturated rings. The predicted molar refractivity (Wildman–Crippen MR) is 159 cm³/mol. The minimum atomic E-state index is -1.77. The van der Waals surface area contributed by atoms with Crippen molar-refractivity contribution in [2.75, 3.05) is 14.1 Å². The van der Waals surface area contributed by atoms with Gasteiger partial charge >= 0.3 is 19.4 Å². The normalized spacial score (nSPS) is 17.8. The van der Waals surface area contributed by atoms with Gasteiger partial charge in [0.05, 0.1) is 13.2 Å². The third kappa shape index (κ3) is 12.2. The number of hydrogen-bond acceptors (Lipinski definition) is 8. The molecule has 10 nitrogen and oxygen atoms in total. The molecule has 2 amide bonds. The maximum Gasteiger partial charge on any atom is 0.410 e. The largest absolute Gasteiger partial charge is 0.458 e. The van der Waals surface area contributed by atoms with Crippen molar-refractivity contribution in [1.82, 2.24) is 4.90 Å². The molecule has 0 heterocycles. The van der Waals surface area contributed by atoms with E-state index in [4.69, 9.17) is 9.47 Å². The number of ketones is 1. The molecule has 7 atom stereocenters. The maximum absolute atomic E-state index is 14.2. The van der Waals surface area contributed by atoms with Crippen LogP contribution in [0.4, 0.5) is 4.79 Å². The lowest BCUT2D eigenvalue weighted by molar-refractivity contribution is -0.822. The molecule has 0 aliphatic rings. The van der Waals surface area contributed by atoms with Crippen LogP contribution in [0, 0.1) is 11.8 Å². The first-order chi connectivity index (χ1) is 19.8.